The zero-order valence-corrected chi connectivity index (χ0v) is 16.3. The maximum absolute atomic E-state index is 12.8. The third-order valence-electron chi connectivity index (χ3n) is 5.00. The van der Waals surface area contributed by atoms with E-state index in [9.17, 15) is 9.59 Å². The van der Waals surface area contributed by atoms with Crippen molar-refractivity contribution in [2.24, 2.45) is 11.1 Å². The van der Waals surface area contributed by atoms with Gasteiger partial charge in [0.05, 0.1) is 20.6 Å². The third-order valence-corrected chi connectivity index (χ3v) is 6.18. The molecule has 7 heteroatoms. The maximum Gasteiger partial charge on any atom is 0.253 e. The molecule has 27 heavy (non-hydrogen) atoms. The molecular formula is C20H18ClN3O2S. The average molecular weight is 400 g/mol. The Labute approximate surface area is 165 Å². The smallest absolute Gasteiger partial charge is 0.253 e. The topological polar surface area (TPSA) is 76.3 Å². The van der Waals surface area contributed by atoms with Crippen LogP contribution in [0.3, 0.4) is 0 Å². The largest absolute Gasteiger partial charge is 0.369 e. The number of rotatable bonds is 4. The summed E-state index contributed by atoms with van der Waals surface area (Å²) in [4.78, 5) is 31.0. The lowest BCUT2D eigenvalue weighted by molar-refractivity contribution is -0.135. The van der Waals surface area contributed by atoms with Gasteiger partial charge < -0.3 is 10.6 Å². The molecule has 138 valence electrons. The summed E-state index contributed by atoms with van der Waals surface area (Å²) >= 11 is 7.48. The van der Waals surface area contributed by atoms with Gasteiger partial charge in [0, 0.05) is 23.7 Å². The first-order chi connectivity index (χ1) is 12.9. The molecule has 0 radical (unpaired) electrons. The van der Waals surface area contributed by atoms with Crippen LogP contribution in [-0.2, 0) is 11.2 Å². The van der Waals surface area contributed by atoms with E-state index in [0.29, 0.717) is 30.1 Å². The van der Waals surface area contributed by atoms with E-state index in [4.69, 9.17) is 17.3 Å². The second kappa shape index (κ2) is 6.62. The molecule has 0 atom stereocenters. The van der Waals surface area contributed by atoms with Crippen molar-refractivity contribution < 1.29 is 9.59 Å². The maximum atomic E-state index is 12.8. The van der Waals surface area contributed by atoms with E-state index in [-0.39, 0.29) is 11.8 Å². The Hall–Kier alpha value is -2.44. The van der Waals surface area contributed by atoms with Gasteiger partial charge in [0.15, 0.2) is 0 Å². The number of aryl methyl sites for hydroxylation is 1. The van der Waals surface area contributed by atoms with Crippen LogP contribution in [0.2, 0.25) is 5.02 Å². The molecule has 1 fully saturated rings. The number of aromatic nitrogens is 1. The lowest BCUT2D eigenvalue weighted by Crippen LogP contribution is -2.64. The predicted octanol–water partition coefficient (Wildman–Crippen LogP) is 3.43. The Bertz CT molecular complexity index is 1040. The van der Waals surface area contributed by atoms with Crippen molar-refractivity contribution in [3.63, 3.8) is 0 Å². The second-order valence-electron chi connectivity index (χ2n) is 7.02. The number of hydrogen-bond acceptors (Lipinski definition) is 4. The van der Waals surface area contributed by atoms with Crippen molar-refractivity contribution in [3.8, 4) is 0 Å². The van der Waals surface area contributed by atoms with Gasteiger partial charge in [0.25, 0.3) is 5.91 Å². The molecule has 0 bridgehead atoms. The lowest BCUT2D eigenvalue weighted by atomic mass is 9.74. The fraction of sp³-hybridized carbons (Fsp3) is 0.250. The van der Waals surface area contributed by atoms with Gasteiger partial charge >= 0.3 is 0 Å². The molecule has 2 amide bonds. The monoisotopic (exact) mass is 399 g/mol. The van der Waals surface area contributed by atoms with Gasteiger partial charge in [0.2, 0.25) is 5.91 Å². The lowest BCUT2D eigenvalue weighted by Gasteiger charge is -2.48. The van der Waals surface area contributed by atoms with Crippen LogP contribution in [0.25, 0.3) is 10.2 Å². The van der Waals surface area contributed by atoms with E-state index >= 15 is 0 Å². The summed E-state index contributed by atoms with van der Waals surface area (Å²) in [6, 6.07) is 12.9. The van der Waals surface area contributed by atoms with Gasteiger partial charge in [-0.15, -0.1) is 11.3 Å². The van der Waals surface area contributed by atoms with Crippen LogP contribution in [0.1, 0.15) is 20.9 Å². The Morgan fingerprint density at radius 2 is 1.93 bits per heavy atom. The molecule has 2 aromatic carbocycles. The third kappa shape index (κ3) is 3.31. The fourth-order valence-corrected chi connectivity index (χ4v) is 4.52. The fourth-order valence-electron chi connectivity index (χ4n) is 3.53. The molecule has 3 aromatic rings. The minimum Gasteiger partial charge on any atom is -0.369 e. The van der Waals surface area contributed by atoms with Crippen LogP contribution < -0.4 is 5.73 Å². The van der Waals surface area contributed by atoms with Crippen molar-refractivity contribution in [2.75, 3.05) is 13.1 Å². The number of carbonyl (C=O) groups excluding carboxylic acids is 2. The van der Waals surface area contributed by atoms with Crippen LogP contribution in [0.4, 0.5) is 0 Å². The minimum atomic E-state index is -0.728. The molecule has 0 saturated carbocycles. The van der Waals surface area contributed by atoms with Gasteiger partial charge in [-0.05, 0) is 49.2 Å². The summed E-state index contributed by atoms with van der Waals surface area (Å²) in [5, 5.41) is 1.61. The van der Waals surface area contributed by atoms with Crippen molar-refractivity contribution in [2.45, 2.75) is 13.3 Å². The van der Waals surface area contributed by atoms with E-state index in [0.717, 1.165) is 20.8 Å². The summed E-state index contributed by atoms with van der Waals surface area (Å²) in [6.45, 7) is 2.59. The Morgan fingerprint density at radius 1 is 1.22 bits per heavy atom. The molecule has 1 aromatic heterocycles. The molecule has 1 aliphatic rings. The SMILES string of the molecule is Cc1nc2ccc(C(=O)N3CC(Cc4ccc(Cl)cc4)(C(N)=O)C3)cc2s1. The Kier molecular flexibility index (Phi) is 4.40. The molecule has 1 aliphatic heterocycles. The van der Waals surface area contributed by atoms with Crippen LogP contribution in [0, 0.1) is 12.3 Å². The van der Waals surface area contributed by atoms with Crippen LogP contribution in [0.15, 0.2) is 42.5 Å². The number of benzene rings is 2. The highest BCUT2D eigenvalue weighted by atomic mass is 35.5. The summed E-state index contributed by atoms with van der Waals surface area (Å²) in [6.07, 6.45) is 0.496. The van der Waals surface area contributed by atoms with E-state index in [1.54, 1.807) is 34.4 Å². The molecule has 5 nitrogen and oxygen atoms in total. The number of primary amides is 1. The van der Waals surface area contributed by atoms with E-state index in [2.05, 4.69) is 4.98 Å². The number of nitrogens with zero attached hydrogens (tertiary/aromatic N) is 2. The molecule has 0 aliphatic carbocycles. The number of amides is 2. The number of carbonyl (C=O) groups is 2. The van der Waals surface area contributed by atoms with Gasteiger partial charge in [-0.2, -0.15) is 0 Å². The number of nitrogens with two attached hydrogens (primary N) is 1. The standard InChI is InChI=1S/C20H18ClN3O2S/c1-12-23-16-7-4-14(8-17(16)27-12)18(25)24-10-20(11-24,19(22)26)9-13-2-5-15(21)6-3-13/h2-8H,9-11H2,1H3,(H2,22,26). The first kappa shape index (κ1) is 17.9. The Balaban J connectivity index is 1.51. The van der Waals surface area contributed by atoms with Crippen LogP contribution in [0.5, 0.6) is 0 Å². The summed E-state index contributed by atoms with van der Waals surface area (Å²) in [5.74, 6) is -0.467. The minimum absolute atomic E-state index is 0.0871. The number of halogens is 1. The van der Waals surface area contributed by atoms with E-state index in [1.165, 1.54) is 0 Å². The highest BCUT2D eigenvalue weighted by molar-refractivity contribution is 7.18. The summed E-state index contributed by atoms with van der Waals surface area (Å²) < 4.78 is 0.987. The van der Waals surface area contributed by atoms with E-state index < -0.39 is 5.41 Å². The Morgan fingerprint density at radius 3 is 2.59 bits per heavy atom. The number of fused-ring (bicyclic) bond motifs is 1. The normalized spacial score (nSPS) is 15.6. The molecule has 1 saturated heterocycles. The quantitative estimate of drug-likeness (QED) is 0.730. The number of hydrogen-bond donors (Lipinski definition) is 1. The van der Waals surface area contributed by atoms with Gasteiger partial charge in [0.1, 0.15) is 0 Å². The highest BCUT2D eigenvalue weighted by Crippen LogP contribution is 2.35. The second-order valence-corrected chi connectivity index (χ2v) is 8.70. The number of likely N-dealkylation sites (tertiary alicyclic amines) is 1. The first-order valence-corrected chi connectivity index (χ1v) is 9.77. The zero-order chi connectivity index (χ0) is 19.2. The van der Waals surface area contributed by atoms with Gasteiger partial charge in [-0.1, -0.05) is 23.7 Å². The molecule has 4 rings (SSSR count). The molecular weight excluding hydrogens is 382 g/mol. The van der Waals surface area contributed by atoms with Gasteiger partial charge in [-0.25, -0.2) is 4.98 Å². The summed E-state index contributed by atoms with van der Waals surface area (Å²) in [7, 11) is 0. The van der Waals surface area contributed by atoms with E-state index in [1.807, 2.05) is 31.2 Å². The van der Waals surface area contributed by atoms with Crippen molar-refractivity contribution in [1.82, 2.24) is 9.88 Å². The van der Waals surface area contributed by atoms with Crippen molar-refractivity contribution in [3.05, 3.63) is 63.6 Å². The first-order valence-electron chi connectivity index (χ1n) is 8.57. The highest BCUT2D eigenvalue weighted by Gasteiger charge is 2.49. The molecule has 2 N–H and O–H groups in total. The van der Waals surface area contributed by atoms with Crippen molar-refractivity contribution in [1.29, 1.82) is 0 Å². The average Bonchev–Trinajstić information content (AvgIpc) is 2.97. The predicted molar refractivity (Wildman–Crippen MR) is 107 cm³/mol. The van der Waals surface area contributed by atoms with Crippen LogP contribution in [-0.4, -0.2) is 34.8 Å². The molecule has 2 heterocycles. The molecule has 0 spiro atoms. The zero-order valence-electron chi connectivity index (χ0n) is 14.7. The van der Waals surface area contributed by atoms with Crippen LogP contribution >= 0.6 is 22.9 Å². The van der Waals surface area contributed by atoms with Gasteiger partial charge in [-0.3, -0.25) is 9.59 Å². The number of thiazole rings is 1. The summed E-state index contributed by atoms with van der Waals surface area (Å²) in [5.41, 5.74) is 7.43. The van der Waals surface area contributed by atoms with Crippen molar-refractivity contribution >= 4 is 45.0 Å². The molecule has 0 unspecified atom stereocenters.